The van der Waals surface area contributed by atoms with Crippen LogP contribution in [0.15, 0.2) is 48.5 Å². The molecule has 0 saturated carbocycles. The molecule has 2 heterocycles. The van der Waals surface area contributed by atoms with Crippen molar-refractivity contribution in [3.63, 3.8) is 0 Å². The molecular weight excluding hydrogens is 354 g/mol. The predicted molar refractivity (Wildman–Crippen MR) is 106 cm³/mol. The van der Waals surface area contributed by atoms with Crippen molar-refractivity contribution in [3.8, 4) is 5.75 Å². The third-order valence-electron chi connectivity index (χ3n) is 5.55. The van der Waals surface area contributed by atoms with Crippen LogP contribution in [0, 0.1) is 6.92 Å². The SMILES string of the molecule is COc1ccccc1C(=O)N1CCN2C(=O)N(Cc3ccc(C)cc3)C[C@H]2C1. The van der Waals surface area contributed by atoms with E-state index < -0.39 is 0 Å². The van der Waals surface area contributed by atoms with Crippen LogP contribution in [-0.2, 0) is 6.54 Å². The van der Waals surface area contributed by atoms with Crippen LogP contribution in [0.1, 0.15) is 21.5 Å². The van der Waals surface area contributed by atoms with Crippen molar-refractivity contribution < 1.29 is 14.3 Å². The van der Waals surface area contributed by atoms with Crippen LogP contribution < -0.4 is 4.74 Å². The average molecular weight is 379 g/mol. The molecule has 0 N–H and O–H groups in total. The summed E-state index contributed by atoms with van der Waals surface area (Å²) in [5.41, 5.74) is 2.90. The normalized spacial score (nSPS) is 19.0. The number of hydrogen-bond donors (Lipinski definition) is 0. The van der Waals surface area contributed by atoms with E-state index in [1.165, 1.54) is 5.56 Å². The molecule has 4 rings (SSSR count). The highest BCUT2D eigenvalue weighted by Crippen LogP contribution is 2.25. The van der Waals surface area contributed by atoms with Crippen molar-refractivity contribution in [2.45, 2.75) is 19.5 Å². The Kier molecular flexibility index (Phi) is 4.94. The van der Waals surface area contributed by atoms with Gasteiger partial charge in [-0.05, 0) is 24.6 Å². The van der Waals surface area contributed by atoms with Gasteiger partial charge in [0.25, 0.3) is 5.91 Å². The Morgan fingerprint density at radius 2 is 1.82 bits per heavy atom. The van der Waals surface area contributed by atoms with Crippen molar-refractivity contribution in [2.24, 2.45) is 0 Å². The molecule has 2 saturated heterocycles. The van der Waals surface area contributed by atoms with Crippen LogP contribution in [0.25, 0.3) is 0 Å². The average Bonchev–Trinajstić information content (AvgIpc) is 3.04. The first-order chi connectivity index (χ1) is 13.6. The summed E-state index contributed by atoms with van der Waals surface area (Å²) in [5, 5.41) is 0. The molecular formula is C22H25N3O3. The summed E-state index contributed by atoms with van der Waals surface area (Å²) >= 11 is 0. The number of rotatable bonds is 4. The Labute approximate surface area is 165 Å². The number of carbonyl (C=O) groups excluding carboxylic acids is 2. The van der Waals surface area contributed by atoms with Gasteiger partial charge in [0.2, 0.25) is 0 Å². The number of amides is 3. The zero-order chi connectivity index (χ0) is 19.7. The molecule has 146 valence electrons. The van der Waals surface area contributed by atoms with E-state index in [4.69, 9.17) is 4.74 Å². The molecule has 3 amide bonds. The second-order valence-corrected chi connectivity index (χ2v) is 7.45. The van der Waals surface area contributed by atoms with E-state index >= 15 is 0 Å². The maximum atomic E-state index is 13.0. The van der Waals surface area contributed by atoms with Gasteiger partial charge in [0.1, 0.15) is 5.75 Å². The Morgan fingerprint density at radius 3 is 2.57 bits per heavy atom. The summed E-state index contributed by atoms with van der Waals surface area (Å²) in [6.45, 7) is 4.95. The zero-order valence-electron chi connectivity index (χ0n) is 16.3. The fraction of sp³-hybridized carbons (Fsp3) is 0.364. The lowest BCUT2D eigenvalue weighted by molar-refractivity contribution is 0.0613. The highest BCUT2D eigenvalue weighted by atomic mass is 16.5. The molecule has 0 aliphatic carbocycles. The highest BCUT2D eigenvalue weighted by molar-refractivity contribution is 5.97. The monoisotopic (exact) mass is 379 g/mol. The van der Waals surface area contributed by atoms with Gasteiger partial charge < -0.3 is 19.4 Å². The molecule has 0 radical (unpaired) electrons. The standard InChI is InChI=1S/C22H25N3O3/c1-16-7-9-17(10-8-16)13-24-15-18-14-23(11-12-25(18)22(24)27)21(26)19-5-3-4-6-20(19)28-2/h3-10,18H,11-15H2,1-2H3/t18-/m1/s1. The second kappa shape index (κ2) is 7.54. The van der Waals surface area contributed by atoms with Gasteiger partial charge in [-0.2, -0.15) is 0 Å². The number of methoxy groups -OCH3 is 1. The molecule has 6 heteroatoms. The lowest BCUT2D eigenvalue weighted by Crippen LogP contribution is -2.53. The molecule has 0 spiro atoms. The van der Waals surface area contributed by atoms with Gasteiger partial charge in [0, 0.05) is 32.7 Å². The number of ether oxygens (including phenoxy) is 1. The molecule has 2 aromatic carbocycles. The first-order valence-electron chi connectivity index (χ1n) is 9.60. The second-order valence-electron chi connectivity index (χ2n) is 7.45. The number of urea groups is 1. The molecule has 2 fully saturated rings. The molecule has 0 unspecified atom stereocenters. The minimum Gasteiger partial charge on any atom is -0.496 e. The minimum absolute atomic E-state index is 0.0327. The van der Waals surface area contributed by atoms with Crippen LogP contribution >= 0.6 is 0 Å². The lowest BCUT2D eigenvalue weighted by Gasteiger charge is -2.36. The van der Waals surface area contributed by atoms with E-state index in [9.17, 15) is 9.59 Å². The molecule has 2 aliphatic heterocycles. The number of fused-ring (bicyclic) bond motifs is 1. The van der Waals surface area contributed by atoms with Crippen LogP contribution in [0.2, 0.25) is 0 Å². The van der Waals surface area contributed by atoms with E-state index in [0.717, 1.165) is 5.56 Å². The number of piperazine rings is 1. The van der Waals surface area contributed by atoms with Crippen molar-refractivity contribution in [1.82, 2.24) is 14.7 Å². The van der Waals surface area contributed by atoms with Gasteiger partial charge in [-0.3, -0.25) is 4.79 Å². The van der Waals surface area contributed by atoms with Crippen LogP contribution in [0.4, 0.5) is 4.79 Å². The molecule has 28 heavy (non-hydrogen) atoms. The Balaban J connectivity index is 1.44. The maximum Gasteiger partial charge on any atom is 0.320 e. The zero-order valence-corrected chi connectivity index (χ0v) is 16.3. The summed E-state index contributed by atoms with van der Waals surface area (Å²) in [4.78, 5) is 31.4. The summed E-state index contributed by atoms with van der Waals surface area (Å²) in [6.07, 6.45) is 0. The fourth-order valence-electron chi connectivity index (χ4n) is 4.00. The Morgan fingerprint density at radius 1 is 1.07 bits per heavy atom. The van der Waals surface area contributed by atoms with Gasteiger partial charge in [0.05, 0.1) is 18.7 Å². The van der Waals surface area contributed by atoms with Gasteiger partial charge >= 0.3 is 6.03 Å². The van der Waals surface area contributed by atoms with Crippen LogP contribution in [-0.4, -0.2) is 66.0 Å². The van der Waals surface area contributed by atoms with Crippen LogP contribution in [0.3, 0.4) is 0 Å². The van der Waals surface area contributed by atoms with Gasteiger partial charge in [0.15, 0.2) is 0 Å². The third-order valence-corrected chi connectivity index (χ3v) is 5.55. The number of benzene rings is 2. The first-order valence-corrected chi connectivity index (χ1v) is 9.60. The fourth-order valence-corrected chi connectivity index (χ4v) is 4.00. The van der Waals surface area contributed by atoms with E-state index in [2.05, 4.69) is 31.2 Å². The Hall–Kier alpha value is -3.02. The summed E-state index contributed by atoms with van der Waals surface area (Å²) in [7, 11) is 1.57. The Bertz CT molecular complexity index is 881. The molecule has 6 nitrogen and oxygen atoms in total. The van der Waals surface area contributed by atoms with E-state index in [1.54, 1.807) is 19.2 Å². The quantitative estimate of drug-likeness (QED) is 0.821. The lowest BCUT2D eigenvalue weighted by atomic mass is 10.1. The number of carbonyl (C=O) groups is 2. The van der Waals surface area contributed by atoms with Crippen molar-refractivity contribution in [3.05, 3.63) is 65.2 Å². The van der Waals surface area contributed by atoms with E-state index in [0.29, 0.717) is 44.0 Å². The van der Waals surface area contributed by atoms with Crippen LogP contribution in [0.5, 0.6) is 5.75 Å². The molecule has 0 bridgehead atoms. The number of para-hydroxylation sites is 1. The topological polar surface area (TPSA) is 53.1 Å². The van der Waals surface area contributed by atoms with Crippen molar-refractivity contribution in [1.29, 1.82) is 0 Å². The van der Waals surface area contributed by atoms with Gasteiger partial charge in [-0.1, -0.05) is 42.0 Å². The predicted octanol–water partition coefficient (Wildman–Crippen LogP) is 2.77. The molecule has 2 aliphatic rings. The van der Waals surface area contributed by atoms with Crippen molar-refractivity contribution in [2.75, 3.05) is 33.3 Å². The summed E-state index contributed by atoms with van der Waals surface area (Å²) in [6, 6.07) is 15.6. The number of nitrogens with zero attached hydrogens (tertiary/aromatic N) is 3. The molecule has 1 atom stereocenters. The van der Waals surface area contributed by atoms with Gasteiger partial charge in [-0.15, -0.1) is 0 Å². The first kappa shape index (κ1) is 18.3. The molecule has 0 aromatic heterocycles. The summed E-state index contributed by atoms with van der Waals surface area (Å²) < 4.78 is 5.33. The van der Waals surface area contributed by atoms with Crippen molar-refractivity contribution >= 4 is 11.9 Å². The minimum atomic E-state index is -0.0402. The summed E-state index contributed by atoms with van der Waals surface area (Å²) in [5.74, 6) is 0.542. The molecule has 2 aromatic rings. The van der Waals surface area contributed by atoms with E-state index in [-0.39, 0.29) is 18.0 Å². The number of hydrogen-bond acceptors (Lipinski definition) is 3. The highest BCUT2D eigenvalue weighted by Gasteiger charge is 2.41. The van der Waals surface area contributed by atoms with E-state index in [1.807, 2.05) is 26.8 Å². The smallest absolute Gasteiger partial charge is 0.320 e. The van der Waals surface area contributed by atoms with Gasteiger partial charge in [-0.25, -0.2) is 4.79 Å². The maximum absolute atomic E-state index is 13.0. The number of aryl methyl sites for hydroxylation is 1. The largest absolute Gasteiger partial charge is 0.496 e. The third kappa shape index (κ3) is 3.42.